The van der Waals surface area contributed by atoms with Crippen LogP contribution < -0.4 is 15.1 Å². The van der Waals surface area contributed by atoms with E-state index >= 15 is 0 Å². The number of pyridine rings is 2. The van der Waals surface area contributed by atoms with Crippen LogP contribution in [0.15, 0.2) is 18.3 Å². The highest BCUT2D eigenvalue weighted by atomic mass is 16.6. The number of carbonyl (C=O) groups is 3. The number of nitrogens with one attached hydrogen (secondary N) is 1. The normalized spacial score (nSPS) is 19.0. The van der Waals surface area contributed by atoms with Crippen LogP contribution in [0.2, 0.25) is 0 Å². The summed E-state index contributed by atoms with van der Waals surface area (Å²) < 4.78 is 10.5. The number of ether oxygens (including phenoxy) is 2. The van der Waals surface area contributed by atoms with E-state index in [4.69, 9.17) is 9.47 Å². The van der Waals surface area contributed by atoms with Crippen molar-refractivity contribution in [2.75, 3.05) is 55.0 Å². The summed E-state index contributed by atoms with van der Waals surface area (Å²) in [5, 5.41) is 12.4. The molecule has 3 amide bonds. The van der Waals surface area contributed by atoms with Crippen molar-refractivity contribution < 1.29 is 23.9 Å². The number of rotatable bonds is 6. The zero-order chi connectivity index (χ0) is 26.6. The van der Waals surface area contributed by atoms with Crippen molar-refractivity contribution >= 4 is 35.7 Å². The van der Waals surface area contributed by atoms with E-state index in [0.717, 1.165) is 24.9 Å². The second kappa shape index (κ2) is 11.0. The second-order valence-corrected chi connectivity index (χ2v) is 9.50. The predicted octanol–water partition coefficient (Wildman–Crippen LogP) is 2.71. The maximum absolute atomic E-state index is 13.3. The fraction of sp³-hybridized carbons (Fsp3) is 0.462. The highest BCUT2D eigenvalue weighted by molar-refractivity contribution is 6.02. The average molecular weight is 520 g/mol. The lowest BCUT2D eigenvalue weighted by atomic mass is 10.0. The van der Waals surface area contributed by atoms with E-state index < -0.39 is 12.1 Å². The molecule has 2 aromatic heterocycles. The molecule has 2 aromatic rings. The Morgan fingerprint density at radius 1 is 1.32 bits per heavy atom. The number of nitriles is 1. The molecule has 0 radical (unpaired) electrons. The van der Waals surface area contributed by atoms with Gasteiger partial charge in [-0.1, -0.05) is 0 Å². The van der Waals surface area contributed by atoms with E-state index in [9.17, 15) is 19.6 Å². The van der Waals surface area contributed by atoms with Crippen molar-refractivity contribution in [3.05, 3.63) is 40.7 Å². The summed E-state index contributed by atoms with van der Waals surface area (Å²) in [5.74, 6) is 0.727. The molecule has 3 aliphatic rings. The molecule has 12 nitrogen and oxygen atoms in total. The minimum atomic E-state index is -0.429. The molecular formula is C26H29N7O5. The number of hydrogen-bond donors (Lipinski definition) is 1. The molecule has 0 spiro atoms. The molecule has 0 saturated carbocycles. The van der Waals surface area contributed by atoms with Gasteiger partial charge in [0.15, 0.2) is 6.29 Å². The Hall–Kier alpha value is -4.24. The average Bonchev–Trinajstić information content (AvgIpc) is 3.43. The first-order valence-corrected chi connectivity index (χ1v) is 12.7. The molecule has 3 aliphatic heterocycles. The molecule has 12 heteroatoms. The van der Waals surface area contributed by atoms with Crippen molar-refractivity contribution in [1.82, 2.24) is 14.9 Å². The third-order valence-corrected chi connectivity index (χ3v) is 7.11. The van der Waals surface area contributed by atoms with Crippen molar-refractivity contribution in [2.24, 2.45) is 0 Å². The highest BCUT2D eigenvalue weighted by Crippen LogP contribution is 2.30. The number of fused-ring (bicyclic) bond motifs is 1. The number of hydrogen-bond acceptors (Lipinski definition) is 9. The summed E-state index contributed by atoms with van der Waals surface area (Å²) in [5.41, 5.74) is 2.75. The van der Waals surface area contributed by atoms with Crippen molar-refractivity contribution in [2.45, 2.75) is 38.3 Å². The van der Waals surface area contributed by atoms with Gasteiger partial charge in [-0.05, 0) is 37.3 Å². The zero-order valence-corrected chi connectivity index (χ0v) is 21.2. The number of aromatic nitrogens is 2. The van der Waals surface area contributed by atoms with E-state index in [1.54, 1.807) is 18.1 Å². The second-order valence-electron chi connectivity index (χ2n) is 9.50. The summed E-state index contributed by atoms with van der Waals surface area (Å²) in [6, 6.07) is 5.29. The van der Waals surface area contributed by atoms with Crippen molar-refractivity contribution in [3.8, 4) is 6.07 Å². The van der Waals surface area contributed by atoms with Gasteiger partial charge in [-0.3, -0.25) is 15.0 Å². The van der Waals surface area contributed by atoms with Gasteiger partial charge < -0.3 is 19.3 Å². The molecule has 0 bridgehead atoms. The smallest absolute Gasteiger partial charge is 0.410 e. The molecule has 1 unspecified atom stereocenters. The van der Waals surface area contributed by atoms with Crippen LogP contribution >= 0.6 is 0 Å². The molecule has 0 aromatic carbocycles. The van der Waals surface area contributed by atoms with Gasteiger partial charge in [-0.15, -0.1) is 0 Å². The Balaban J connectivity index is 1.36. The molecule has 2 fully saturated rings. The van der Waals surface area contributed by atoms with E-state index in [1.807, 2.05) is 6.07 Å². The van der Waals surface area contributed by atoms with Gasteiger partial charge in [-0.25, -0.2) is 19.6 Å². The van der Waals surface area contributed by atoms with Gasteiger partial charge in [0.25, 0.3) is 0 Å². The fourth-order valence-electron chi connectivity index (χ4n) is 5.11. The molecule has 1 atom stereocenters. The van der Waals surface area contributed by atoms with Gasteiger partial charge in [0.2, 0.25) is 0 Å². The third kappa shape index (κ3) is 5.10. The molecule has 5 heterocycles. The zero-order valence-electron chi connectivity index (χ0n) is 21.2. The molecule has 38 heavy (non-hydrogen) atoms. The van der Waals surface area contributed by atoms with Gasteiger partial charge in [0.05, 0.1) is 30.5 Å². The highest BCUT2D eigenvalue weighted by Gasteiger charge is 2.29. The van der Waals surface area contributed by atoms with E-state index in [1.165, 1.54) is 11.1 Å². The standard InChI is InChI=1S/C26H29N7O5/c1-37-20-5-8-31(15-20)22-11-23(28-13-19(22)12-27)30-25(35)33-7-2-4-17-10-18(21(16-34)29-24(17)33)14-32-6-3-9-38-26(32)36/h10-11,13,16,20H,2-9,14-15H2,1H3,(H,28,30,35). The van der Waals surface area contributed by atoms with Gasteiger partial charge in [0, 0.05) is 51.1 Å². The maximum atomic E-state index is 13.3. The first-order chi connectivity index (χ1) is 18.5. The minimum Gasteiger partial charge on any atom is -0.449 e. The molecule has 0 aliphatic carbocycles. The Kier molecular flexibility index (Phi) is 7.37. The Labute approximate surface area is 220 Å². The maximum Gasteiger partial charge on any atom is 0.410 e. The molecule has 198 valence electrons. The van der Waals surface area contributed by atoms with Crippen LogP contribution in [0, 0.1) is 11.3 Å². The van der Waals surface area contributed by atoms with Crippen LogP contribution in [0.5, 0.6) is 0 Å². The van der Waals surface area contributed by atoms with Crippen molar-refractivity contribution in [1.29, 1.82) is 5.26 Å². The van der Waals surface area contributed by atoms with Gasteiger partial charge >= 0.3 is 12.1 Å². The monoisotopic (exact) mass is 519 g/mol. The lowest BCUT2D eigenvalue weighted by Gasteiger charge is -2.30. The number of cyclic esters (lactones) is 1. The quantitative estimate of drug-likeness (QED) is 0.570. The SMILES string of the molecule is COC1CCN(c2cc(NC(=O)N3CCCc4cc(CN5CCCOC5=O)c(C=O)nc43)ncc2C#N)C1. The topological polar surface area (TPSA) is 141 Å². The Bertz CT molecular complexity index is 1290. The number of aryl methyl sites for hydroxylation is 1. The van der Waals surface area contributed by atoms with Gasteiger partial charge in [0.1, 0.15) is 23.4 Å². The lowest BCUT2D eigenvalue weighted by Crippen LogP contribution is -2.40. The number of nitrogens with zero attached hydrogens (tertiary/aromatic N) is 6. The van der Waals surface area contributed by atoms with Crippen LogP contribution in [-0.4, -0.2) is 79.3 Å². The number of amides is 3. The summed E-state index contributed by atoms with van der Waals surface area (Å²) in [4.78, 5) is 51.2. The number of aldehydes is 1. The first kappa shape index (κ1) is 25.4. The Morgan fingerprint density at radius 2 is 2.18 bits per heavy atom. The third-order valence-electron chi connectivity index (χ3n) is 7.11. The van der Waals surface area contributed by atoms with E-state index in [0.29, 0.717) is 73.8 Å². The van der Waals surface area contributed by atoms with Crippen molar-refractivity contribution in [3.63, 3.8) is 0 Å². The lowest BCUT2D eigenvalue weighted by molar-refractivity contribution is 0.0698. The number of carbonyl (C=O) groups excluding carboxylic acids is 3. The largest absolute Gasteiger partial charge is 0.449 e. The van der Waals surface area contributed by atoms with Crippen LogP contribution in [0.4, 0.5) is 26.9 Å². The number of urea groups is 1. The van der Waals surface area contributed by atoms with Gasteiger partial charge in [-0.2, -0.15) is 5.26 Å². The molecule has 2 saturated heterocycles. The number of anilines is 3. The minimum absolute atomic E-state index is 0.0844. The van der Waals surface area contributed by atoms with Crippen LogP contribution in [0.25, 0.3) is 0 Å². The molecular weight excluding hydrogens is 490 g/mol. The van der Waals surface area contributed by atoms with Crippen LogP contribution in [0.1, 0.15) is 46.4 Å². The number of methoxy groups -OCH3 is 1. The van der Waals surface area contributed by atoms with Crippen LogP contribution in [-0.2, 0) is 22.4 Å². The summed E-state index contributed by atoms with van der Waals surface area (Å²) in [6.07, 6.45) is 4.76. The first-order valence-electron chi connectivity index (χ1n) is 12.7. The fourth-order valence-corrected chi connectivity index (χ4v) is 5.11. The van der Waals surface area contributed by atoms with Crippen LogP contribution in [0.3, 0.4) is 0 Å². The molecule has 1 N–H and O–H groups in total. The predicted molar refractivity (Wildman–Crippen MR) is 137 cm³/mol. The van der Waals surface area contributed by atoms with E-state index in [2.05, 4.69) is 26.3 Å². The molecule has 5 rings (SSSR count). The Morgan fingerprint density at radius 3 is 2.92 bits per heavy atom. The summed E-state index contributed by atoms with van der Waals surface area (Å²) >= 11 is 0. The summed E-state index contributed by atoms with van der Waals surface area (Å²) in [7, 11) is 1.67. The summed E-state index contributed by atoms with van der Waals surface area (Å²) in [6.45, 7) is 2.97. The van der Waals surface area contributed by atoms with E-state index in [-0.39, 0.29) is 18.3 Å².